The molecule has 0 atom stereocenters. The van der Waals surface area contributed by atoms with Gasteiger partial charge < -0.3 is 4.74 Å². The average Bonchev–Trinajstić information content (AvgIpc) is 2.77. The van der Waals surface area contributed by atoms with Gasteiger partial charge in [0.2, 0.25) is 0 Å². The molecule has 6 aromatic rings. The Morgan fingerprint density at radius 3 is 2.03 bits per heavy atom. The minimum absolute atomic E-state index is 0.0860. The zero-order valence-corrected chi connectivity index (χ0v) is 19.7. The van der Waals surface area contributed by atoms with Crippen molar-refractivity contribution in [3.05, 3.63) is 77.4 Å². The summed E-state index contributed by atoms with van der Waals surface area (Å²) in [6.45, 7) is 11.4. The molecule has 0 bridgehead atoms. The lowest BCUT2D eigenvalue weighted by Crippen LogP contribution is -2.11. The minimum Gasteiger partial charge on any atom is -0.497 e. The molecular formula is C31H28O. The van der Waals surface area contributed by atoms with Crippen LogP contribution in [0.3, 0.4) is 0 Å². The van der Waals surface area contributed by atoms with Crippen molar-refractivity contribution in [3.8, 4) is 5.75 Å². The molecular weight excluding hydrogens is 388 g/mol. The topological polar surface area (TPSA) is 9.23 Å². The van der Waals surface area contributed by atoms with Crippen LogP contribution in [-0.4, -0.2) is 7.11 Å². The third kappa shape index (κ3) is 2.51. The highest BCUT2D eigenvalue weighted by molar-refractivity contribution is 6.38. The molecule has 0 radical (unpaired) electrons. The summed E-state index contributed by atoms with van der Waals surface area (Å²) in [7, 11) is 1.75. The van der Waals surface area contributed by atoms with Gasteiger partial charge in [-0.25, -0.2) is 0 Å². The maximum atomic E-state index is 5.63. The van der Waals surface area contributed by atoms with Gasteiger partial charge in [-0.05, 0) is 108 Å². The fraction of sp³-hybridized carbons (Fsp3) is 0.226. The van der Waals surface area contributed by atoms with E-state index in [1.54, 1.807) is 7.11 Å². The molecule has 0 heterocycles. The van der Waals surface area contributed by atoms with Gasteiger partial charge in [-0.2, -0.15) is 0 Å². The van der Waals surface area contributed by atoms with E-state index in [0.717, 1.165) is 5.75 Å². The Balaban J connectivity index is 2.01. The van der Waals surface area contributed by atoms with E-state index >= 15 is 0 Å². The largest absolute Gasteiger partial charge is 0.497 e. The van der Waals surface area contributed by atoms with Crippen molar-refractivity contribution in [3.63, 3.8) is 0 Å². The molecule has 0 aliphatic rings. The lowest BCUT2D eigenvalue weighted by Gasteiger charge is -2.24. The molecule has 0 aliphatic heterocycles. The summed E-state index contributed by atoms with van der Waals surface area (Å²) in [5.74, 6) is 0.902. The van der Waals surface area contributed by atoms with E-state index in [2.05, 4.69) is 95.3 Å². The zero-order valence-electron chi connectivity index (χ0n) is 19.7. The van der Waals surface area contributed by atoms with Crippen LogP contribution in [0.25, 0.3) is 53.9 Å². The van der Waals surface area contributed by atoms with Gasteiger partial charge in [0.15, 0.2) is 0 Å². The first-order valence-electron chi connectivity index (χ1n) is 11.4. The Morgan fingerprint density at radius 2 is 1.28 bits per heavy atom. The van der Waals surface area contributed by atoms with E-state index < -0.39 is 0 Å². The summed E-state index contributed by atoms with van der Waals surface area (Å²) in [5, 5.41) is 13.4. The van der Waals surface area contributed by atoms with E-state index in [4.69, 9.17) is 4.74 Å². The Bertz CT molecular complexity index is 1700. The highest BCUT2D eigenvalue weighted by atomic mass is 16.5. The van der Waals surface area contributed by atoms with Crippen molar-refractivity contribution in [1.29, 1.82) is 0 Å². The van der Waals surface area contributed by atoms with E-state index in [0.29, 0.717) is 0 Å². The van der Waals surface area contributed by atoms with E-state index in [1.807, 2.05) is 0 Å². The molecule has 6 rings (SSSR count). The number of hydrogen-bond acceptors (Lipinski definition) is 1. The molecule has 32 heavy (non-hydrogen) atoms. The molecule has 0 fully saturated rings. The van der Waals surface area contributed by atoms with E-state index in [9.17, 15) is 0 Å². The van der Waals surface area contributed by atoms with Crippen molar-refractivity contribution >= 4 is 53.9 Å². The monoisotopic (exact) mass is 416 g/mol. The second kappa shape index (κ2) is 6.36. The van der Waals surface area contributed by atoms with Crippen molar-refractivity contribution in [2.45, 2.75) is 40.0 Å². The van der Waals surface area contributed by atoms with Crippen LogP contribution in [0, 0.1) is 13.8 Å². The molecule has 158 valence electrons. The maximum absolute atomic E-state index is 5.63. The normalized spacial score (nSPS) is 12.7. The highest BCUT2D eigenvalue weighted by Crippen LogP contribution is 2.46. The zero-order chi connectivity index (χ0) is 22.4. The van der Waals surface area contributed by atoms with Gasteiger partial charge in [0, 0.05) is 0 Å². The molecule has 0 saturated carbocycles. The second-order valence-corrected chi connectivity index (χ2v) is 10.3. The van der Waals surface area contributed by atoms with Crippen LogP contribution < -0.4 is 4.74 Å². The first-order valence-corrected chi connectivity index (χ1v) is 11.4. The Hall–Kier alpha value is -3.32. The van der Waals surface area contributed by atoms with E-state index in [-0.39, 0.29) is 5.41 Å². The smallest absolute Gasteiger partial charge is 0.119 e. The number of hydrogen-bond donors (Lipinski definition) is 0. The summed E-state index contributed by atoms with van der Waals surface area (Å²) in [6, 6.07) is 22.9. The maximum Gasteiger partial charge on any atom is 0.119 e. The molecule has 1 heteroatoms. The Labute approximate surface area is 188 Å². The van der Waals surface area contributed by atoms with Crippen LogP contribution in [0.1, 0.15) is 37.5 Å². The van der Waals surface area contributed by atoms with Crippen LogP contribution in [0.2, 0.25) is 0 Å². The average molecular weight is 417 g/mol. The summed E-state index contributed by atoms with van der Waals surface area (Å²) in [5.41, 5.74) is 4.15. The van der Waals surface area contributed by atoms with Gasteiger partial charge in [-0.15, -0.1) is 0 Å². The quantitative estimate of drug-likeness (QED) is 0.192. The number of ether oxygens (including phenoxy) is 1. The molecule has 0 aromatic heterocycles. The van der Waals surface area contributed by atoms with Crippen LogP contribution in [-0.2, 0) is 5.41 Å². The number of methoxy groups -OCH3 is 1. The van der Waals surface area contributed by atoms with Gasteiger partial charge >= 0.3 is 0 Å². The number of aryl methyl sites for hydroxylation is 2. The third-order valence-corrected chi connectivity index (χ3v) is 7.25. The Kier molecular flexibility index (Phi) is 3.85. The van der Waals surface area contributed by atoms with Crippen molar-refractivity contribution in [2.75, 3.05) is 7.11 Å². The van der Waals surface area contributed by atoms with Gasteiger partial charge in [0.25, 0.3) is 0 Å². The highest BCUT2D eigenvalue weighted by Gasteiger charge is 2.21. The van der Waals surface area contributed by atoms with Crippen molar-refractivity contribution in [2.24, 2.45) is 0 Å². The predicted octanol–water partition coefficient (Wildman–Crippen LogP) is 8.81. The molecule has 6 aromatic carbocycles. The van der Waals surface area contributed by atoms with E-state index in [1.165, 1.54) is 70.6 Å². The Morgan fingerprint density at radius 1 is 0.562 bits per heavy atom. The van der Waals surface area contributed by atoms with Crippen LogP contribution in [0.5, 0.6) is 5.75 Å². The first-order chi connectivity index (χ1) is 15.3. The number of rotatable bonds is 1. The second-order valence-electron chi connectivity index (χ2n) is 10.3. The predicted molar refractivity (Wildman–Crippen MR) is 140 cm³/mol. The molecule has 0 N–H and O–H groups in total. The van der Waals surface area contributed by atoms with Crippen molar-refractivity contribution in [1.82, 2.24) is 0 Å². The van der Waals surface area contributed by atoms with Gasteiger partial charge in [0.1, 0.15) is 5.75 Å². The molecule has 1 nitrogen and oxygen atoms in total. The molecule has 0 spiro atoms. The van der Waals surface area contributed by atoms with Crippen LogP contribution in [0.15, 0.2) is 60.7 Å². The summed E-state index contributed by atoms with van der Waals surface area (Å²) < 4.78 is 5.63. The summed E-state index contributed by atoms with van der Waals surface area (Å²) in [4.78, 5) is 0. The minimum atomic E-state index is 0.0860. The van der Waals surface area contributed by atoms with Gasteiger partial charge in [0.05, 0.1) is 7.11 Å². The van der Waals surface area contributed by atoms with Gasteiger partial charge in [-0.3, -0.25) is 0 Å². The number of benzene rings is 6. The molecule has 0 saturated heterocycles. The number of fused-ring (bicyclic) bond motifs is 5. The van der Waals surface area contributed by atoms with Gasteiger partial charge in [-0.1, -0.05) is 63.2 Å². The lowest BCUT2D eigenvalue weighted by molar-refractivity contribution is 0.415. The lowest BCUT2D eigenvalue weighted by atomic mass is 9.80. The standard InChI is InChI=1S/C31H28O/c1-17-13-18(2)27-29-24(12-8-19-7-10-22(32-6)16-25(19)29)26-15-21(31(3,4)5)14-20-9-11-23(17)30(27)28(20)26/h7-16H,1-6H3. The summed E-state index contributed by atoms with van der Waals surface area (Å²) >= 11 is 0. The van der Waals surface area contributed by atoms with Crippen LogP contribution >= 0.6 is 0 Å². The first kappa shape index (κ1) is 19.4. The fourth-order valence-corrected chi connectivity index (χ4v) is 5.61. The fourth-order valence-electron chi connectivity index (χ4n) is 5.61. The summed E-state index contributed by atoms with van der Waals surface area (Å²) in [6.07, 6.45) is 0. The SMILES string of the molecule is COc1ccc2ccc3c4cc(C(C)(C)C)cc5ccc6c(C)cc(C)c(c3c2c1)c6c54. The molecule has 0 amide bonds. The third-order valence-electron chi connectivity index (χ3n) is 7.25. The molecule has 0 unspecified atom stereocenters. The van der Waals surface area contributed by atoms with Crippen LogP contribution in [0.4, 0.5) is 0 Å². The van der Waals surface area contributed by atoms with Crippen molar-refractivity contribution < 1.29 is 4.74 Å². The molecule has 0 aliphatic carbocycles.